The van der Waals surface area contributed by atoms with Crippen LogP contribution in [0.4, 0.5) is 11.4 Å². The Labute approximate surface area is 170 Å². The van der Waals surface area contributed by atoms with E-state index >= 15 is 0 Å². The summed E-state index contributed by atoms with van der Waals surface area (Å²) >= 11 is 0. The molecule has 0 atom stereocenters. The fourth-order valence-corrected chi connectivity index (χ4v) is 4.96. The van der Waals surface area contributed by atoms with E-state index < -0.39 is 10.0 Å². The zero-order chi connectivity index (χ0) is 20.6. The predicted octanol–water partition coefficient (Wildman–Crippen LogP) is 2.20. The summed E-state index contributed by atoms with van der Waals surface area (Å²) in [6.07, 6.45) is 2.04. The predicted molar refractivity (Wildman–Crippen MR) is 110 cm³/mol. The molecule has 1 saturated heterocycles. The molecule has 0 bridgehead atoms. The Kier molecular flexibility index (Phi) is 5.14. The molecule has 0 aromatic heterocycles. The van der Waals surface area contributed by atoms with Gasteiger partial charge in [0.1, 0.15) is 0 Å². The largest absolute Gasteiger partial charge is 0.312 e. The third-order valence-corrected chi connectivity index (χ3v) is 6.80. The summed E-state index contributed by atoms with van der Waals surface area (Å²) in [5.74, 6) is 0.0503. The average molecular weight is 413 g/mol. The Morgan fingerprint density at radius 2 is 1.93 bits per heavy atom. The smallest absolute Gasteiger partial charge is 0.240 e. The van der Waals surface area contributed by atoms with Crippen LogP contribution in [-0.4, -0.2) is 33.3 Å². The van der Waals surface area contributed by atoms with Gasteiger partial charge in [-0.3, -0.25) is 9.59 Å². The van der Waals surface area contributed by atoms with E-state index in [1.807, 2.05) is 24.3 Å². The molecule has 0 radical (unpaired) electrons. The van der Waals surface area contributed by atoms with E-state index in [0.717, 1.165) is 28.9 Å². The fraction of sp³-hybridized carbons (Fsp3) is 0.333. The summed E-state index contributed by atoms with van der Waals surface area (Å²) in [7, 11) is -3.69. The van der Waals surface area contributed by atoms with Crippen molar-refractivity contribution in [2.24, 2.45) is 0 Å². The number of nitrogens with zero attached hydrogens (tertiary/aromatic N) is 2. The molecule has 4 rings (SSSR count). The molecule has 152 valence electrons. The molecule has 2 aliphatic heterocycles. The van der Waals surface area contributed by atoms with Crippen LogP contribution in [-0.2, 0) is 32.6 Å². The molecule has 0 spiro atoms. The van der Waals surface area contributed by atoms with E-state index in [1.165, 1.54) is 13.0 Å². The zero-order valence-electron chi connectivity index (χ0n) is 16.2. The normalized spacial score (nSPS) is 16.4. The maximum atomic E-state index is 12.8. The molecule has 2 aromatic carbocycles. The van der Waals surface area contributed by atoms with Crippen LogP contribution in [0, 0.1) is 0 Å². The van der Waals surface area contributed by atoms with Crippen LogP contribution in [0.2, 0.25) is 0 Å². The molecule has 29 heavy (non-hydrogen) atoms. The van der Waals surface area contributed by atoms with Crippen molar-refractivity contribution >= 4 is 33.2 Å². The van der Waals surface area contributed by atoms with Crippen LogP contribution in [0.5, 0.6) is 0 Å². The number of sulfonamides is 1. The van der Waals surface area contributed by atoms with E-state index in [-0.39, 0.29) is 23.3 Å². The van der Waals surface area contributed by atoms with Crippen LogP contribution in [0.15, 0.2) is 47.4 Å². The number of fused-ring (bicyclic) bond motifs is 1. The van der Waals surface area contributed by atoms with Gasteiger partial charge < -0.3 is 9.80 Å². The van der Waals surface area contributed by atoms with Gasteiger partial charge in [0.15, 0.2) is 0 Å². The molecule has 0 aliphatic carbocycles. The Bertz CT molecular complexity index is 1080. The second-order valence-corrected chi connectivity index (χ2v) is 9.12. The van der Waals surface area contributed by atoms with Crippen molar-refractivity contribution in [1.29, 1.82) is 0 Å². The summed E-state index contributed by atoms with van der Waals surface area (Å²) in [6, 6.07) is 12.2. The van der Waals surface area contributed by atoms with E-state index in [9.17, 15) is 18.0 Å². The summed E-state index contributed by atoms with van der Waals surface area (Å²) < 4.78 is 28.1. The second-order valence-electron chi connectivity index (χ2n) is 7.35. The van der Waals surface area contributed by atoms with E-state index in [4.69, 9.17) is 0 Å². The molecule has 2 aromatic rings. The quantitative estimate of drug-likeness (QED) is 0.814. The van der Waals surface area contributed by atoms with Crippen LogP contribution in [0.1, 0.15) is 30.9 Å². The summed E-state index contributed by atoms with van der Waals surface area (Å²) in [5.41, 5.74) is 3.22. The Morgan fingerprint density at radius 3 is 2.66 bits per heavy atom. The summed E-state index contributed by atoms with van der Waals surface area (Å²) in [6.45, 7) is 2.91. The molecular weight excluding hydrogens is 390 g/mol. The van der Waals surface area contributed by atoms with Crippen molar-refractivity contribution in [2.45, 2.75) is 37.6 Å². The fourth-order valence-electron chi connectivity index (χ4n) is 3.89. The van der Waals surface area contributed by atoms with Gasteiger partial charge in [0.05, 0.1) is 4.90 Å². The van der Waals surface area contributed by atoms with Crippen molar-refractivity contribution in [3.8, 4) is 0 Å². The number of hydrogen-bond acceptors (Lipinski definition) is 4. The number of benzene rings is 2. The first-order valence-electron chi connectivity index (χ1n) is 9.65. The third-order valence-electron chi connectivity index (χ3n) is 5.40. The Hall–Kier alpha value is -2.71. The highest BCUT2D eigenvalue weighted by atomic mass is 32.2. The Morgan fingerprint density at radius 1 is 1.10 bits per heavy atom. The highest BCUT2D eigenvalue weighted by Crippen LogP contribution is 2.30. The topological polar surface area (TPSA) is 86.8 Å². The van der Waals surface area contributed by atoms with Gasteiger partial charge >= 0.3 is 0 Å². The van der Waals surface area contributed by atoms with Crippen molar-refractivity contribution in [3.63, 3.8) is 0 Å². The highest BCUT2D eigenvalue weighted by Gasteiger charge is 2.25. The first kappa shape index (κ1) is 19.6. The lowest BCUT2D eigenvalue weighted by atomic mass is 10.2. The number of carbonyl (C=O) groups is 2. The number of rotatable bonds is 5. The van der Waals surface area contributed by atoms with E-state index in [0.29, 0.717) is 25.9 Å². The number of hydrogen-bond donors (Lipinski definition) is 1. The van der Waals surface area contributed by atoms with Gasteiger partial charge in [-0.05, 0) is 54.3 Å². The van der Waals surface area contributed by atoms with Gasteiger partial charge in [-0.2, -0.15) is 0 Å². The average Bonchev–Trinajstić information content (AvgIpc) is 3.32. The lowest BCUT2D eigenvalue weighted by Crippen LogP contribution is -2.26. The second kappa shape index (κ2) is 7.61. The zero-order valence-corrected chi connectivity index (χ0v) is 17.0. The van der Waals surface area contributed by atoms with Gasteiger partial charge in [0.2, 0.25) is 21.8 Å². The molecule has 8 heteroatoms. The van der Waals surface area contributed by atoms with E-state index in [1.54, 1.807) is 21.9 Å². The molecule has 2 amide bonds. The Balaban J connectivity index is 1.49. The van der Waals surface area contributed by atoms with E-state index in [2.05, 4.69) is 4.72 Å². The van der Waals surface area contributed by atoms with Gasteiger partial charge in [-0.25, -0.2) is 13.1 Å². The van der Waals surface area contributed by atoms with Crippen molar-refractivity contribution in [1.82, 2.24) is 4.72 Å². The number of carbonyl (C=O) groups excluding carboxylic acids is 2. The van der Waals surface area contributed by atoms with Crippen LogP contribution in [0.25, 0.3) is 0 Å². The molecule has 0 unspecified atom stereocenters. The van der Waals surface area contributed by atoms with Gasteiger partial charge in [0, 0.05) is 44.4 Å². The third kappa shape index (κ3) is 3.90. The number of anilines is 2. The van der Waals surface area contributed by atoms with Crippen molar-refractivity contribution in [3.05, 3.63) is 53.6 Å². The maximum absolute atomic E-state index is 12.8. The lowest BCUT2D eigenvalue weighted by molar-refractivity contribution is -0.117. The highest BCUT2D eigenvalue weighted by molar-refractivity contribution is 7.89. The number of nitrogens with one attached hydrogen (secondary N) is 1. The monoisotopic (exact) mass is 413 g/mol. The van der Waals surface area contributed by atoms with Crippen molar-refractivity contribution < 1.29 is 18.0 Å². The summed E-state index contributed by atoms with van der Waals surface area (Å²) in [4.78, 5) is 27.2. The van der Waals surface area contributed by atoms with Crippen LogP contribution < -0.4 is 14.5 Å². The molecule has 7 nitrogen and oxygen atoms in total. The molecule has 2 heterocycles. The SMILES string of the molecule is CC(=O)N1CCc2cc(S(=O)(=O)NCc3cccc(N4CCCC4=O)c3)ccc21. The lowest BCUT2D eigenvalue weighted by Gasteiger charge is -2.17. The number of amides is 2. The minimum absolute atomic E-state index is 0.0474. The maximum Gasteiger partial charge on any atom is 0.240 e. The van der Waals surface area contributed by atoms with Gasteiger partial charge in [-0.15, -0.1) is 0 Å². The molecule has 0 saturated carbocycles. The van der Waals surface area contributed by atoms with Crippen molar-refractivity contribution in [2.75, 3.05) is 22.9 Å². The van der Waals surface area contributed by atoms with Gasteiger partial charge in [-0.1, -0.05) is 12.1 Å². The van der Waals surface area contributed by atoms with Gasteiger partial charge in [0.25, 0.3) is 0 Å². The molecule has 1 N–H and O–H groups in total. The molecule has 2 aliphatic rings. The van der Waals surface area contributed by atoms with Crippen LogP contribution >= 0.6 is 0 Å². The minimum atomic E-state index is -3.69. The first-order valence-corrected chi connectivity index (χ1v) is 11.1. The molecule has 1 fully saturated rings. The summed E-state index contributed by atoms with van der Waals surface area (Å²) in [5, 5.41) is 0. The standard InChI is InChI=1S/C21H23N3O4S/c1-15(25)23-11-9-17-13-19(7-8-20(17)23)29(27,28)22-14-16-4-2-5-18(12-16)24-10-3-6-21(24)26/h2,4-5,7-8,12-13,22H,3,6,9-11,14H2,1H3. The first-order chi connectivity index (χ1) is 13.8. The van der Waals surface area contributed by atoms with Crippen LogP contribution in [0.3, 0.4) is 0 Å². The molecular formula is C21H23N3O4S. The minimum Gasteiger partial charge on any atom is -0.312 e.